The Morgan fingerprint density at radius 2 is 1.27 bits per heavy atom. The number of ether oxygens (including phenoxy) is 1. The molecule has 0 amide bonds. The van der Waals surface area contributed by atoms with Gasteiger partial charge in [0.1, 0.15) is 30.5 Å². The molecule has 7 nitrogen and oxygen atoms in total. The summed E-state index contributed by atoms with van der Waals surface area (Å²) < 4.78 is 14.5. The highest BCUT2D eigenvalue weighted by Gasteiger charge is 2.22. The molecular weight excluding hydrogens is 605 g/mol. The van der Waals surface area contributed by atoms with Gasteiger partial charge >= 0.3 is 17.5 Å². The molecule has 4 rings (SSSR count). The van der Waals surface area contributed by atoms with E-state index in [2.05, 4.69) is 115 Å². The topological polar surface area (TPSA) is 51.6 Å². The number of aliphatic imine (C=N–C) groups is 2. The third kappa shape index (κ3) is 11.4. The molecule has 0 saturated carbocycles. The van der Waals surface area contributed by atoms with Crippen molar-refractivity contribution in [2.45, 2.75) is 111 Å². The first-order valence-corrected chi connectivity index (χ1v) is 18.6. The first kappa shape index (κ1) is 37.6. The van der Waals surface area contributed by atoms with Crippen molar-refractivity contribution in [3.8, 4) is 0 Å². The maximum atomic E-state index is 5.78. The Bertz CT molecular complexity index is 1640. The average molecular weight is 665 g/mol. The molecule has 2 heterocycles. The minimum atomic E-state index is 0.585. The Hall–Kier alpha value is -4.26. The molecule has 0 radical (unpaired) electrons. The summed E-state index contributed by atoms with van der Waals surface area (Å²) in [6.07, 6.45) is 28.5. The summed E-state index contributed by atoms with van der Waals surface area (Å²) in [6.45, 7) is 7.76. The molecule has 0 saturated heterocycles. The quantitative estimate of drug-likeness (QED) is 0.0402. The van der Waals surface area contributed by atoms with Crippen LogP contribution in [0.3, 0.4) is 0 Å². The molecule has 0 N–H and O–H groups in total. The Morgan fingerprint density at radius 1 is 0.694 bits per heavy atom. The van der Waals surface area contributed by atoms with E-state index < -0.39 is 0 Å². The van der Waals surface area contributed by atoms with Gasteiger partial charge in [-0.05, 0) is 80.0 Å². The van der Waals surface area contributed by atoms with E-state index in [0.29, 0.717) is 5.90 Å². The number of rotatable bonds is 20. The van der Waals surface area contributed by atoms with E-state index in [0.717, 1.165) is 48.7 Å². The third-order valence-electron chi connectivity index (χ3n) is 9.10. The van der Waals surface area contributed by atoms with Crippen LogP contribution in [0.1, 0.15) is 121 Å². The largest absolute Gasteiger partial charge is 0.475 e. The van der Waals surface area contributed by atoms with E-state index in [4.69, 9.17) is 14.7 Å². The van der Waals surface area contributed by atoms with Crippen molar-refractivity contribution < 1.29 is 13.9 Å². The Kier molecular flexibility index (Phi) is 15.6. The molecule has 7 heteroatoms. The molecule has 262 valence electrons. The van der Waals surface area contributed by atoms with Crippen molar-refractivity contribution in [1.82, 2.24) is 9.13 Å². The fourth-order valence-electron chi connectivity index (χ4n) is 6.25. The van der Waals surface area contributed by atoms with E-state index in [9.17, 15) is 0 Å². The highest BCUT2D eigenvalue weighted by atomic mass is 16.5. The lowest BCUT2D eigenvalue weighted by atomic mass is 10.0. The summed E-state index contributed by atoms with van der Waals surface area (Å²) in [4.78, 5) is 9.98. The number of benzene rings is 2. The number of methoxy groups -OCH3 is 1. The number of nitrogens with zero attached hydrogens (tertiary/aromatic N) is 6. The minimum absolute atomic E-state index is 0.585. The fourth-order valence-corrected chi connectivity index (χ4v) is 6.25. The zero-order valence-corrected chi connectivity index (χ0v) is 31.1. The molecule has 0 atom stereocenters. The third-order valence-corrected chi connectivity index (χ3v) is 9.10. The van der Waals surface area contributed by atoms with Crippen LogP contribution in [0.25, 0.3) is 6.20 Å². The van der Waals surface area contributed by atoms with Crippen molar-refractivity contribution in [3.63, 3.8) is 0 Å². The predicted octanol–water partition coefficient (Wildman–Crippen LogP) is 9.59. The molecule has 0 unspecified atom stereocenters. The van der Waals surface area contributed by atoms with Gasteiger partial charge in [-0.1, -0.05) is 90.0 Å². The van der Waals surface area contributed by atoms with Crippen LogP contribution in [0.5, 0.6) is 0 Å². The van der Waals surface area contributed by atoms with Crippen LogP contribution in [0.4, 0.5) is 11.4 Å². The molecule has 4 aromatic rings. The lowest BCUT2D eigenvalue weighted by Crippen LogP contribution is -2.35. The average Bonchev–Trinajstić information content (AvgIpc) is 3.67. The number of aromatic nitrogens is 4. The van der Waals surface area contributed by atoms with Gasteiger partial charge in [0.25, 0.3) is 0 Å². The first-order valence-electron chi connectivity index (χ1n) is 18.6. The van der Waals surface area contributed by atoms with Gasteiger partial charge in [0, 0.05) is 0 Å². The van der Waals surface area contributed by atoms with Gasteiger partial charge < -0.3 is 4.74 Å². The summed E-state index contributed by atoms with van der Waals surface area (Å²) in [5.41, 5.74) is 5.48. The molecule has 0 fully saturated rings. The van der Waals surface area contributed by atoms with E-state index in [1.807, 2.05) is 24.0 Å². The molecule has 49 heavy (non-hydrogen) atoms. The Labute approximate surface area is 295 Å². The molecule has 0 aliphatic rings. The van der Waals surface area contributed by atoms with Crippen LogP contribution in [0.2, 0.25) is 0 Å². The number of allylic oxidation sites excluding steroid dienone is 1. The van der Waals surface area contributed by atoms with Crippen molar-refractivity contribution >= 4 is 29.2 Å². The molecule has 2 aromatic carbocycles. The van der Waals surface area contributed by atoms with E-state index >= 15 is 0 Å². The first-order chi connectivity index (χ1) is 24.0. The second-order valence-corrected chi connectivity index (χ2v) is 13.1. The van der Waals surface area contributed by atoms with Gasteiger partial charge in [0.15, 0.2) is 0 Å². The van der Waals surface area contributed by atoms with Crippen molar-refractivity contribution in [3.05, 3.63) is 102 Å². The van der Waals surface area contributed by atoms with Gasteiger partial charge in [0.2, 0.25) is 0 Å². The minimum Gasteiger partial charge on any atom is -0.475 e. The number of hydrogen-bond donors (Lipinski definition) is 0. The van der Waals surface area contributed by atoms with Gasteiger partial charge in [-0.25, -0.2) is 23.7 Å². The van der Waals surface area contributed by atoms with E-state index in [1.165, 1.54) is 81.2 Å². The molecule has 2 aromatic heterocycles. The number of aryl methyl sites for hydroxylation is 3. The number of imidazole rings is 2. The van der Waals surface area contributed by atoms with Crippen LogP contribution in [0, 0.1) is 0 Å². The summed E-state index contributed by atoms with van der Waals surface area (Å²) in [5.74, 6) is 2.70. The maximum absolute atomic E-state index is 5.78. The van der Waals surface area contributed by atoms with E-state index in [1.54, 1.807) is 7.11 Å². The van der Waals surface area contributed by atoms with E-state index in [-0.39, 0.29) is 0 Å². The molecule has 0 spiro atoms. The summed E-state index contributed by atoms with van der Waals surface area (Å²) in [6, 6.07) is 17.1. The lowest BCUT2D eigenvalue weighted by Gasteiger charge is -2.07. The van der Waals surface area contributed by atoms with Gasteiger partial charge in [-0.3, -0.25) is 0 Å². The van der Waals surface area contributed by atoms with Crippen LogP contribution in [-0.4, -0.2) is 27.9 Å². The van der Waals surface area contributed by atoms with Crippen LogP contribution in [0.15, 0.2) is 89.4 Å². The SMILES string of the molecule is CCCCCC/C=C/n1cc[n+](C)c1C(=Nc1ccc(Cc2ccc(N=C(CC)c3n(CCCCCCCC)cc[n+]3C)cc2)cc1)OC. The van der Waals surface area contributed by atoms with Crippen molar-refractivity contribution in [2.75, 3.05) is 7.11 Å². The summed E-state index contributed by atoms with van der Waals surface area (Å²) in [7, 11) is 5.83. The standard InChI is InChI=1S/C42H60N6O/c1-7-10-12-14-16-18-28-47-32-30-45(4)41(47)39(9-3)43-37-24-20-35(21-25-37)34-36-22-26-38(27-23-36)44-40(49-6)42-46(5)31-33-48(42)29-19-17-15-13-11-8-2/h19-27,29-33H,7-18,28,34H2,1-6H3/q+2/b29-19+,43-39?,44-40?. The lowest BCUT2D eigenvalue weighted by molar-refractivity contribution is -0.672. The van der Waals surface area contributed by atoms with Gasteiger partial charge in [0.05, 0.1) is 45.3 Å². The highest BCUT2D eigenvalue weighted by molar-refractivity contribution is 5.98. The second kappa shape index (κ2) is 20.3. The Morgan fingerprint density at radius 3 is 1.90 bits per heavy atom. The summed E-state index contributed by atoms with van der Waals surface area (Å²) >= 11 is 0. The van der Waals surface area contributed by atoms with Crippen LogP contribution >= 0.6 is 0 Å². The zero-order chi connectivity index (χ0) is 34.8. The fraction of sp³-hybridized carbons (Fsp3) is 0.476. The van der Waals surface area contributed by atoms with Crippen LogP contribution < -0.4 is 9.13 Å². The maximum Gasteiger partial charge on any atom is 0.349 e. The molecule has 0 aliphatic heterocycles. The van der Waals surface area contributed by atoms with Crippen LogP contribution in [-0.2, 0) is 31.8 Å². The smallest absolute Gasteiger partial charge is 0.349 e. The summed E-state index contributed by atoms with van der Waals surface area (Å²) in [5, 5.41) is 0. The van der Waals surface area contributed by atoms with Crippen molar-refractivity contribution in [1.29, 1.82) is 0 Å². The monoisotopic (exact) mass is 664 g/mol. The zero-order valence-electron chi connectivity index (χ0n) is 31.1. The number of unbranched alkanes of at least 4 members (excludes halogenated alkanes) is 9. The van der Waals surface area contributed by atoms with Crippen molar-refractivity contribution in [2.24, 2.45) is 24.1 Å². The predicted molar refractivity (Wildman–Crippen MR) is 204 cm³/mol. The highest BCUT2D eigenvalue weighted by Crippen LogP contribution is 2.21. The normalized spacial score (nSPS) is 12.4. The van der Waals surface area contributed by atoms with Gasteiger partial charge in [-0.2, -0.15) is 4.57 Å². The Balaban J connectivity index is 1.39. The number of hydrogen-bond acceptors (Lipinski definition) is 3. The molecule has 0 bridgehead atoms. The second-order valence-electron chi connectivity index (χ2n) is 13.1. The molecule has 0 aliphatic carbocycles. The van der Waals surface area contributed by atoms with Gasteiger partial charge in [-0.15, -0.1) is 0 Å². The molecular formula is C42H60N6O+2.